The zero-order valence-corrected chi connectivity index (χ0v) is 7.51. The van der Waals surface area contributed by atoms with Gasteiger partial charge in [-0.05, 0) is 12.1 Å². The number of carbonyl (C=O) groups is 2. The predicted octanol–water partition coefficient (Wildman–Crippen LogP) is 0.277. The second kappa shape index (κ2) is 3.23. The smallest absolute Gasteiger partial charge is 0.251 e. The predicted molar refractivity (Wildman–Crippen MR) is 51.5 cm³/mol. The van der Waals surface area contributed by atoms with Gasteiger partial charge in [-0.2, -0.15) is 0 Å². The zero-order valence-electron chi connectivity index (χ0n) is 7.51. The van der Waals surface area contributed by atoms with Gasteiger partial charge in [0.15, 0.2) is 0 Å². The van der Waals surface area contributed by atoms with E-state index in [9.17, 15) is 9.59 Å². The molecule has 1 fully saturated rings. The maximum absolute atomic E-state index is 11.5. The molecule has 1 aromatic carbocycles. The van der Waals surface area contributed by atoms with E-state index in [4.69, 9.17) is 5.73 Å². The summed E-state index contributed by atoms with van der Waals surface area (Å²) in [7, 11) is 0. The summed E-state index contributed by atoms with van der Waals surface area (Å²) < 4.78 is 0. The molecule has 1 atom stereocenters. The fraction of sp³-hybridized carbons (Fsp3) is 0.200. The highest BCUT2D eigenvalue weighted by atomic mass is 16.2. The largest absolute Gasteiger partial charge is 0.319 e. The number of amides is 2. The lowest BCUT2D eigenvalue weighted by atomic mass is 10.3. The number of hydrogen-bond donors (Lipinski definition) is 1. The normalized spacial score (nSPS) is 21.8. The van der Waals surface area contributed by atoms with Gasteiger partial charge in [-0.3, -0.25) is 9.59 Å². The molecule has 14 heavy (non-hydrogen) atoms. The number of rotatable bonds is 1. The molecule has 4 nitrogen and oxygen atoms in total. The number of imide groups is 1. The zero-order chi connectivity index (χ0) is 10.1. The van der Waals surface area contributed by atoms with Crippen molar-refractivity contribution in [2.24, 2.45) is 5.73 Å². The number of nitrogens with two attached hydrogens (primary N) is 1. The lowest BCUT2D eigenvalue weighted by Crippen LogP contribution is -2.35. The highest BCUT2D eigenvalue weighted by molar-refractivity contribution is 6.22. The van der Waals surface area contributed by atoms with Crippen molar-refractivity contribution in [2.75, 3.05) is 4.90 Å². The minimum Gasteiger partial charge on any atom is -0.319 e. The summed E-state index contributed by atoms with van der Waals surface area (Å²) in [5.74, 6) is -0.546. The Morgan fingerprint density at radius 1 is 1.21 bits per heavy atom. The van der Waals surface area contributed by atoms with Crippen molar-refractivity contribution < 1.29 is 9.59 Å². The Hall–Kier alpha value is -1.68. The molecule has 2 rings (SSSR count). The molecule has 1 heterocycles. The maximum Gasteiger partial charge on any atom is 0.251 e. The number of anilines is 1. The number of para-hydroxylation sites is 1. The van der Waals surface area contributed by atoms with Crippen LogP contribution >= 0.6 is 0 Å². The van der Waals surface area contributed by atoms with Gasteiger partial charge in [0.05, 0.1) is 18.2 Å². The molecule has 2 N–H and O–H groups in total. The van der Waals surface area contributed by atoms with E-state index < -0.39 is 6.04 Å². The SMILES string of the molecule is NC1CC(=O)N(c2ccccc2)C1=O. The molecule has 4 heteroatoms. The first-order valence-corrected chi connectivity index (χ1v) is 4.37. The third kappa shape index (κ3) is 1.29. The fourth-order valence-electron chi connectivity index (χ4n) is 1.50. The van der Waals surface area contributed by atoms with E-state index in [2.05, 4.69) is 0 Å². The van der Waals surface area contributed by atoms with Crippen molar-refractivity contribution in [1.82, 2.24) is 0 Å². The molecule has 1 saturated heterocycles. The van der Waals surface area contributed by atoms with Crippen LogP contribution < -0.4 is 10.6 Å². The summed E-state index contributed by atoms with van der Waals surface area (Å²) in [6.07, 6.45) is 0.105. The van der Waals surface area contributed by atoms with Crippen LogP contribution in [0.25, 0.3) is 0 Å². The second-order valence-corrected chi connectivity index (χ2v) is 3.21. The van der Waals surface area contributed by atoms with Crippen LogP contribution in [-0.2, 0) is 9.59 Å². The van der Waals surface area contributed by atoms with Gasteiger partial charge in [0, 0.05) is 0 Å². The maximum atomic E-state index is 11.5. The van der Waals surface area contributed by atoms with Gasteiger partial charge in [0.25, 0.3) is 5.91 Å². The quantitative estimate of drug-likeness (QED) is 0.647. The Kier molecular flexibility index (Phi) is 2.05. The molecule has 1 aromatic rings. The number of nitrogens with zero attached hydrogens (tertiary/aromatic N) is 1. The van der Waals surface area contributed by atoms with E-state index in [1.807, 2.05) is 6.07 Å². The summed E-state index contributed by atoms with van der Waals surface area (Å²) in [6, 6.07) is 8.14. The van der Waals surface area contributed by atoms with E-state index >= 15 is 0 Å². The van der Waals surface area contributed by atoms with E-state index in [-0.39, 0.29) is 18.2 Å². The first-order chi connectivity index (χ1) is 6.70. The Bertz CT molecular complexity index is 375. The molecule has 0 spiro atoms. The first kappa shape index (κ1) is 8.90. The minimum absolute atomic E-state index is 0.105. The summed E-state index contributed by atoms with van der Waals surface area (Å²) in [6.45, 7) is 0. The standard InChI is InChI=1S/C10H10N2O2/c11-8-6-9(13)12(10(8)14)7-4-2-1-3-5-7/h1-5,8H,6,11H2. The van der Waals surface area contributed by atoms with E-state index in [1.54, 1.807) is 24.3 Å². The molecule has 0 aromatic heterocycles. The van der Waals surface area contributed by atoms with Crippen LogP contribution in [0.3, 0.4) is 0 Å². The third-order valence-corrected chi connectivity index (χ3v) is 2.20. The van der Waals surface area contributed by atoms with Gasteiger partial charge < -0.3 is 5.73 Å². The number of carbonyl (C=O) groups excluding carboxylic acids is 2. The highest BCUT2D eigenvalue weighted by Crippen LogP contribution is 2.20. The molecule has 0 bridgehead atoms. The van der Waals surface area contributed by atoms with Gasteiger partial charge in [0.2, 0.25) is 5.91 Å². The van der Waals surface area contributed by atoms with Gasteiger partial charge in [0.1, 0.15) is 0 Å². The van der Waals surface area contributed by atoms with Crippen LogP contribution in [0.1, 0.15) is 6.42 Å². The van der Waals surface area contributed by atoms with Crippen LogP contribution in [0.5, 0.6) is 0 Å². The summed E-state index contributed by atoms with van der Waals surface area (Å²) in [5.41, 5.74) is 6.08. The Morgan fingerprint density at radius 2 is 1.86 bits per heavy atom. The Morgan fingerprint density at radius 3 is 2.36 bits per heavy atom. The number of hydrogen-bond acceptors (Lipinski definition) is 3. The van der Waals surface area contributed by atoms with Crippen LogP contribution in [-0.4, -0.2) is 17.9 Å². The molecular weight excluding hydrogens is 180 g/mol. The van der Waals surface area contributed by atoms with E-state index in [0.29, 0.717) is 5.69 Å². The Labute approximate surface area is 81.3 Å². The van der Waals surface area contributed by atoms with E-state index in [1.165, 1.54) is 0 Å². The fourth-order valence-corrected chi connectivity index (χ4v) is 1.50. The molecule has 1 unspecified atom stereocenters. The summed E-state index contributed by atoms with van der Waals surface area (Å²) in [5, 5.41) is 0. The molecule has 0 saturated carbocycles. The van der Waals surface area contributed by atoms with Crippen LogP contribution in [0, 0.1) is 0 Å². The van der Waals surface area contributed by atoms with Crippen molar-refractivity contribution in [3.63, 3.8) is 0 Å². The van der Waals surface area contributed by atoms with Gasteiger partial charge in [-0.15, -0.1) is 0 Å². The molecule has 1 aliphatic heterocycles. The lowest BCUT2D eigenvalue weighted by molar-refractivity contribution is -0.121. The van der Waals surface area contributed by atoms with Gasteiger partial charge in [-0.25, -0.2) is 4.90 Å². The topological polar surface area (TPSA) is 63.4 Å². The average Bonchev–Trinajstić information content (AvgIpc) is 2.43. The van der Waals surface area contributed by atoms with Crippen LogP contribution in [0.2, 0.25) is 0 Å². The molecule has 1 aliphatic rings. The third-order valence-electron chi connectivity index (χ3n) is 2.20. The molecular formula is C10H10N2O2. The molecule has 72 valence electrons. The highest BCUT2D eigenvalue weighted by Gasteiger charge is 2.36. The van der Waals surface area contributed by atoms with Crippen LogP contribution in [0.4, 0.5) is 5.69 Å². The van der Waals surface area contributed by atoms with Crippen LogP contribution in [0.15, 0.2) is 30.3 Å². The lowest BCUT2D eigenvalue weighted by Gasteiger charge is -2.13. The number of benzene rings is 1. The molecule has 2 amide bonds. The monoisotopic (exact) mass is 190 g/mol. The van der Waals surface area contributed by atoms with E-state index in [0.717, 1.165) is 4.90 Å². The molecule has 0 radical (unpaired) electrons. The van der Waals surface area contributed by atoms with Crippen molar-refractivity contribution in [3.8, 4) is 0 Å². The first-order valence-electron chi connectivity index (χ1n) is 4.37. The van der Waals surface area contributed by atoms with Gasteiger partial charge >= 0.3 is 0 Å². The van der Waals surface area contributed by atoms with Crippen molar-refractivity contribution in [2.45, 2.75) is 12.5 Å². The summed E-state index contributed by atoms with van der Waals surface area (Å²) in [4.78, 5) is 24.1. The van der Waals surface area contributed by atoms with Crippen molar-refractivity contribution in [3.05, 3.63) is 30.3 Å². The summed E-state index contributed by atoms with van der Waals surface area (Å²) >= 11 is 0. The molecule has 0 aliphatic carbocycles. The minimum atomic E-state index is -0.678. The van der Waals surface area contributed by atoms with Crippen molar-refractivity contribution >= 4 is 17.5 Å². The second-order valence-electron chi connectivity index (χ2n) is 3.21. The Balaban J connectivity index is 2.36. The van der Waals surface area contributed by atoms with Crippen molar-refractivity contribution in [1.29, 1.82) is 0 Å². The average molecular weight is 190 g/mol. The van der Waals surface area contributed by atoms with Gasteiger partial charge in [-0.1, -0.05) is 18.2 Å².